The van der Waals surface area contributed by atoms with Crippen molar-refractivity contribution in [2.75, 3.05) is 51.8 Å². The Morgan fingerprint density at radius 3 is 2.09 bits per heavy atom. The molecule has 0 saturated carbocycles. The molecule has 0 bridgehead atoms. The number of primary amides is 1. The Balaban J connectivity index is 0.000000224. The zero-order valence-electron chi connectivity index (χ0n) is 20.3. The monoisotopic (exact) mass is 509 g/mol. The number of methoxy groups -OCH3 is 2. The quantitative estimate of drug-likeness (QED) is 0.504. The maximum Gasteiger partial charge on any atom is 0.204 e. The van der Waals surface area contributed by atoms with E-state index in [2.05, 4.69) is 27.7 Å². The number of ether oxygens (including phenoxy) is 2. The molecule has 0 radical (unpaired) electrons. The van der Waals surface area contributed by atoms with E-state index in [0.29, 0.717) is 10.0 Å². The molecule has 0 atom stereocenters. The second-order valence-electron chi connectivity index (χ2n) is 8.27. The minimum Gasteiger partial charge on any atom is -0.493 e. The average molecular weight is 511 g/mol. The molecule has 0 aromatic heterocycles. The van der Waals surface area contributed by atoms with E-state index in [1.54, 1.807) is 14.2 Å². The van der Waals surface area contributed by atoms with Crippen LogP contribution in [-0.4, -0.2) is 58.3 Å². The molecule has 0 unspecified atom stereocenters. The molecule has 1 amide bonds. The van der Waals surface area contributed by atoms with Gasteiger partial charge in [-0.25, -0.2) is 0 Å². The van der Waals surface area contributed by atoms with Crippen LogP contribution in [0.4, 0.5) is 5.69 Å². The molecular formula is C26H37Cl2N3O3. The highest BCUT2D eigenvalue weighted by Crippen LogP contribution is 2.29. The molecule has 6 nitrogen and oxygen atoms in total. The maximum atomic E-state index is 8.58. The average Bonchev–Trinajstić information content (AvgIpc) is 3.56. The SMILES string of the molecule is COc1ccc(CCCN2CCCC2)cc1OC.Clc1ccc(N2CCCC2)cc1Cl.NC=O. The lowest BCUT2D eigenvalue weighted by Crippen LogP contribution is -2.20. The fourth-order valence-corrected chi connectivity index (χ4v) is 4.50. The molecule has 34 heavy (non-hydrogen) atoms. The zero-order chi connectivity index (χ0) is 24.8. The van der Waals surface area contributed by atoms with Crippen LogP contribution in [0.15, 0.2) is 36.4 Å². The van der Waals surface area contributed by atoms with Crippen molar-refractivity contribution in [2.45, 2.75) is 38.5 Å². The van der Waals surface area contributed by atoms with Crippen molar-refractivity contribution in [3.05, 3.63) is 52.0 Å². The lowest BCUT2D eigenvalue weighted by Gasteiger charge is -2.17. The Hall–Kier alpha value is -2.15. The lowest BCUT2D eigenvalue weighted by molar-refractivity contribution is -0.106. The third-order valence-electron chi connectivity index (χ3n) is 5.96. The van der Waals surface area contributed by atoms with E-state index < -0.39 is 0 Å². The van der Waals surface area contributed by atoms with E-state index in [9.17, 15) is 0 Å². The first-order chi connectivity index (χ1) is 16.5. The zero-order valence-corrected chi connectivity index (χ0v) is 21.8. The minimum absolute atomic E-state index is 0.250. The van der Waals surface area contributed by atoms with Gasteiger partial charge in [0.15, 0.2) is 11.5 Å². The number of hydrogen-bond donors (Lipinski definition) is 1. The first-order valence-corrected chi connectivity index (χ1v) is 12.6. The summed E-state index contributed by atoms with van der Waals surface area (Å²) in [4.78, 5) is 13.5. The van der Waals surface area contributed by atoms with Crippen molar-refractivity contribution < 1.29 is 14.3 Å². The summed E-state index contributed by atoms with van der Waals surface area (Å²) in [7, 11) is 3.36. The Morgan fingerprint density at radius 2 is 1.50 bits per heavy atom. The largest absolute Gasteiger partial charge is 0.493 e. The molecule has 4 rings (SSSR count). The number of carbonyl (C=O) groups excluding carboxylic acids is 1. The van der Waals surface area contributed by atoms with Crippen molar-refractivity contribution >= 4 is 35.3 Å². The smallest absolute Gasteiger partial charge is 0.204 e. The van der Waals surface area contributed by atoms with Crippen LogP contribution in [0.2, 0.25) is 10.0 Å². The van der Waals surface area contributed by atoms with Gasteiger partial charge in [-0.15, -0.1) is 0 Å². The van der Waals surface area contributed by atoms with Gasteiger partial charge in [-0.2, -0.15) is 0 Å². The van der Waals surface area contributed by atoms with Crippen LogP contribution in [0.5, 0.6) is 11.5 Å². The van der Waals surface area contributed by atoms with Crippen LogP contribution in [0.1, 0.15) is 37.7 Å². The molecule has 2 N–H and O–H groups in total. The van der Waals surface area contributed by atoms with Crippen molar-refractivity contribution in [2.24, 2.45) is 5.73 Å². The number of aryl methyl sites for hydroxylation is 1. The summed E-state index contributed by atoms with van der Waals surface area (Å²) in [6.45, 7) is 6.06. The molecule has 2 aliphatic heterocycles. The summed E-state index contributed by atoms with van der Waals surface area (Å²) < 4.78 is 10.6. The molecule has 0 spiro atoms. The van der Waals surface area contributed by atoms with Gasteiger partial charge in [0.05, 0.1) is 24.3 Å². The van der Waals surface area contributed by atoms with Crippen molar-refractivity contribution in [3.63, 3.8) is 0 Å². The van der Waals surface area contributed by atoms with E-state index in [1.807, 2.05) is 24.3 Å². The van der Waals surface area contributed by atoms with Gasteiger partial charge in [0.1, 0.15) is 0 Å². The second-order valence-corrected chi connectivity index (χ2v) is 9.08. The van der Waals surface area contributed by atoms with E-state index >= 15 is 0 Å². The fourth-order valence-electron chi connectivity index (χ4n) is 4.21. The summed E-state index contributed by atoms with van der Waals surface area (Å²) in [5.41, 5.74) is 6.68. The summed E-state index contributed by atoms with van der Waals surface area (Å²) in [5.74, 6) is 1.64. The predicted molar refractivity (Wildman–Crippen MR) is 142 cm³/mol. The number of nitrogens with zero attached hydrogens (tertiary/aromatic N) is 2. The van der Waals surface area contributed by atoms with Crippen LogP contribution in [0, 0.1) is 0 Å². The number of anilines is 1. The Bertz CT molecular complexity index is 870. The highest BCUT2D eigenvalue weighted by Gasteiger charge is 2.13. The number of rotatable bonds is 7. The standard InChI is InChI=1S/C15H23NO2.C10H11Cl2N.CH3NO/c1-17-14-8-7-13(12-15(14)18-2)6-5-11-16-9-3-4-10-16;11-9-4-3-8(7-10(9)12)13-5-1-2-6-13;2-1-3/h7-8,12H,3-6,9-11H2,1-2H3;3-4,7H,1-2,5-6H2;1H,(H2,2,3). The van der Waals surface area contributed by atoms with Crippen molar-refractivity contribution in [3.8, 4) is 11.5 Å². The van der Waals surface area contributed by atoms with Crippen LogP contribution in [0.25, 0.3) is 0 Å². The van der Waals surface area contributed by atoms with Gasteiger partial charge >= 0.3 is 0 Å². The predicted octanol–water partition coefficient (Wildman–Crippen LogP) is 5.43. The van der Waals surface area contributed by atoms with Gasteiger partial charge in [-0.05, 0) is 94.1 Å². The number of hydrogen-bond acceptors (Lipinski definition) is 5. The van der Waals surface area contributed by atoms with Crippen LogP contribution < -0.4 is 20.1 Å². The van der Waals surface area contributed by atoms with E-state index in [1.165, 1.54) is 63.0 Å². The number of amides is 1. The van der Waals surface area contributed by atoms with Gasteiger partial charge in [-0.1, -0.05) is 29.3 Å². The summed E-state index contributed by atoms with van der Waals surface area (Å²) in [5, 5.41) is 1.27. The van der Waals surface area contributed by atoms with Gasteiger partial charge in [0.25, 0.3) is 0 Å². The number of benzene rings is 2. The van der Waals surface area contributed by atoms with Crippen molar-refractivity contribution in [1.29, 1.82) is 0 Å². The number of nitrogens with two attached hydrogens (primary N) is 1. The first-order valence-electron chi connectivity index (χ1n) is 11.8. The minimum atomic E-state index is 0.250. The van der Waals surface area contributed by atoms with Crippen LogP contribution in [0.3, 0.4) is 0 Å². The number of halogens is 2. The highest BCUT2D eigenvalue weighted by molar-refractivity contribution is 6.42. The Kier molecular flexibility index (Phi) is 13.0. The highest BCUT2D eigenvalue weighted by atomic mass is 35.5. The number of carbonyl (C=O) groups is 1. The summed E-state index contributed by atoms with van der Waals surface area (Å²) in [6, 6.07) is 12.0. The van der Waals surface area contributed by atoms with E-state index in [0.717, 1.165) is 31.0 Å². The third kappa shape index (κ3) is 9.24. The van der Waals surface area contributed by atoms with E-state index in [4.69, 9.17) is 37.5 Å². The molecule has 2 heterocycles. The van der Waals surface area contributed by atoms with Crippen molar-refractivity contribution in [1.82, 2.24) is 4.90 Å². The molecule has 8 heteroatoms. The Morgan fingerprint density at radius 1 is 0.882 bits per heavy atom. The second kappa shape index (κ2) is 15.7. The van der Waals surface area contributed by atoms with E-state index in [-0.39, 0.29) is 6.41 Å². The molecule has 2 aromatic carbocycles. The topological polar surface area (TPSA) is 68.0 Å². The van der Waals surface area contributed by atoms with Crippen LogP contribution in [-0.2, 0) is 11.2 Å². The molecule has 2 aliphatic rings. The molecule has 2 saturated heterocycles. The molecular weight excluding hydrogens is 473 g/mol. The Labute approximate surface area is 213 Å². The van der Waals surface area contributed by atoms with Gasteiger partial charge in [0, 0.05) is 18.8 Å². The van der Waals surface area contributed by atoms with Gasteiger partial charge in [-0.3, -0.25) is 4.79 Å². The molecule has 2 fully saturated rings. The van der Waals surface area contributed by atoms with Crippen LogP contribution >= 0.6 is 23.2 Å². The lowest BCUT2D eigenvalue weighted by atomic mass is 10.1. The summed E-state index contributed by atoms with van der Waals surface area (Å²) in [6.07, 6.45) is 7.87. The molecule has 188 valence electrons. The number of likely N-dealkylation sites (tertiary alicyclic amines) is 1. The maximum absolute atomic E-state index is 8.58. The first kappa shape index (κ1) is 28.1. The fraction of sp³-hybridized carbons (Fsp3) is 0.500. The normalized spacial score (nSPS) is 15.1. The summed E-state index contributed by atoms with van der Waals surface area (Å²) >= 11 is 11.8. The molecule has 2 aromatic rings. The molecule has 0 aliphatic carbocycles. The van der Waals surface area contributed by atoms with Gasteiger partial charge in [0.2, 0.25) is 6.41 Å². The van der Waals surface area contributed by atoms with Gasteiger partial charge < -0.3 is 25.0 Å². The third-order valence-corrected chi connectivity index (χ3v) is 6.70.